The van der Waals surface area contributed by atoms with Crippen LogP contribution in [-0.2, 0) is 0 Å². The van der Waals surface area contributed by atoms with Crippen LogP contribution in [0.4, 0.5) is 0 Å². The van der Waals surface area contributed by atoms with Gasteiger partial charge in [0, 0.05) is 25.2 Å². The summed E-state index contributed by atoms with van der Waals surface area (Å²) < 4.78 is 0. The Hall–Kier alpha value is -0.120. The zero-order valence-electron chi connectivity index (χ0n) is 8.43. The fraction of sp³-hybridized carbons (Fsp3) is 1.00. The molecule has 1 fully saturated rings. The Morgan fingerprint density at radius 3 is 2.58 bits per heavy atom. The third-order valence-electron chi connectivity index (χ3n) is 2.31. The first-order valence-corrected chi connectivity index (χ1v) is 4.80. The summed E-state index contributed by atoms with van der Waals surface area (Å²) in [5.74, 6) is 0. The van der Waals surface area contributed by atoms with Crippen LogP contribution >= 0.6 is 0 Å². The predicted octanol–water partition coefficient (Wildman–Crippen LogP) is -0.112. The van der Waals surface area contributed by atoms with Crippen LogP contribution < -0.4 is 10.6 Å². The molecule has 1 heterocycles. The Morgan fingerprint density at radius 1 is 1.50 bits per heavy atom. The summed E-state index contributed by atoms with van der Waals surface area (Å²) in [6, 6.07) is 1.38. The fourth-order valence-electron chi connectivity index (χ4n) is 1.34. The molecule has 0 aromatic rings. The van der Waals surface area contributed by atoms with Crippen molar-refractivity contribution in [2.45, 2.75) is 25.4 Å². The second kappa shape index (κ2) is 4.80. The van der Waals surface area contributed by atoms with E-state index in [9.17, 15) is 0 Å². The minimum Gasteiger partial charge on any atom is -0.314 e. The largest absolute Gasteiger partial charge is 0.314 e. The highest BCUT2D eigenvalue weighted by Gasteiger charge is 2.17. The van der Waals surface area contributed by atoms with Crippen LogP contribution in [-0.4, -0.2) is 50.7 Å². The average molecular weight is 171 g/mol. The van der Waals surface area contributed by atoms with Gasteiger partial charge in [0.15, 0.2) is 0 Å². The van der Waals surface area contributed by atoms with Crippen molar-refractivity contribution < 1.29 is 0 Å². The molecule has 0 aromatic heterocycles. The lowest BCUT2D eigenvalue weighted by Crippen LogP contribution is -2.57. The predicted molar refractivity (Wildman–Crippen MR) is 52.4 cm³/mol. The Labute approximate surface area is 75.5 Å². The molecular weight excluding hydrogens is 150 g/mol. The van der Waals surface area contributed by atoms with Gasteiger partial charge in [0.05, 0.1) is 0 Å². The Morgan fingerprint density at radius 2 is 2.17 bits per heavy atom. The maximum absolute atomic E-state index is 3.58. The minimum atomic E-state index is 0.652. The van der Waals surface area contributed by atoms with Crippen molar-refractivity contribution >= 4 is 0 Å². The molecule has 72 valence electrons. The van der Waals surface area contributed by atoms with E-state index in [1.54, 1.807) is 0 Å². The van der Waals surface area contributed by atoms with Crippen molar-refractivity contribution in [2.75, 3.05) is 33.7 Å². The van der Waals surface area contributed by atoms with E-state index in [0.29, 0.717) is 6.04 Å². The van der Waals surface area contributed by atoms with E-state index < -0.39 is 0 Å². The van der Waals surface area contributed by atoms with Gasteiger partial charge in [-0.1, -0.05) is 0 Å². The van der Waals surface area contributed by atoms with E-state index in [0.717, 1.165) is 19.1 Å². The molecule has 1 saturated heterocycles. The quantitative estimate of drug-likeness (QED) is 0.604. The highest BCUT2D eigenvalue weighted by atomic mass is 15.1. The zero-order valence-corrected chi connectivity index (χ0v) is 8.43. The molecule has 3 nitrogen and oxygen atoms in total. The highest BCUT2D eigenvalue weighted by Crippen LogP contribution is 1.97. The Bertz CT molecular complexity index is 121. The molecule has 1 rings (SSSR count). The second-order valence-corrected chi connectivity index (χ2v) is 4.01. The Kier molecular flexibility index (Phi) is 3.98. The maximum atomic E-state index is 3.58. The molecule has 0 spiro atoms. The molecule has 0 amide bonds. The zero-order chi connectivity index (χ0) is 8.97. The number of hydrogen-bond acceptors (Lipinski definition) is 3. The smallest absolute Gasteiger partial charge is 0.0319 e. The van der Waals surface area contributed by atoms with Gasteiger partial charge >= 0.3 is 0 Å². The summed E-state index contributed by atoms with van der Waals surface area (Å²) >= 11 is 0. The van der Waals surface area contributed by atoms with Gasteiger partial charge in [-0.25, -0.2) is 0 Å². The van der Waals surface area contributed by atoms with E-state index >= 15 is 0 Å². The van der Waals surface area contributed by atoms with Crippen molar-refractivity contribution in [2.24, 2.45) is 0 Å². The summed E-state index contributed by atoms with van der Waals surface area (Å²) in [5.41, 5.74) is 0. The van der Waals surface area contributed by atoms with Gasteiger partial charge in [-0.15, -0.1) is 0 Å². The lowest BCUT2D eigenvalue weighted by molar-refractivity contribution is 0.304. The van der Waals surface area contributed by atoms with Crippen LogP contribution in [0.15, 0.2) is 0 Å². The van der Waals surface area contributed by atoms with Gasteiger partial charge in [0.2, 0.25) is 0 Å². The minimum absolute atomic E-state index is 0.652. The van der Waals surface area contributed by atoms with E-state index in [4.69, 9.17) is 0 Å². The van der Waals surface area contributed by atoms with E-state index in [1.807, 2.05) is 0 Å². The molecule has 1 atom stereocenters. The summed E-state index contributed by atoms with van der Waals surface area (Å²) in [5, 5.41) is 6.84. The molecule has 1 aliphatic rings. The van der Waals surface area contributed by atoms with Gasteiger partial charge in [-0.05, 0) is 34.0 Å². The van der Waals surface area contributed by atoms with Crippen LogP contribution in [0.3, 0.4) is 0 Å². The van der Waals surface area contributed by atoms with Gasteiger partial charge in [-0.2, -0.15) is 0 Å². The van der Waals surface area contributed by atoms with Crippen LogP contribution in [0.25, 0.3) is 0 Å². The average Bonchev–Trinajstić information content (AvgIpc) is 1.93. The molecule has 3 heteroatoms. The van der Waals surface area contributed by atoms with E-state index in [1.165, 1.54) is 13.0 Å². The van der Waals surface area contributed by atoms with Crippen molar-refractivity contribution in [1.82, 2.24) is 15.5 Å². The molecule has 0 radical (unpaired) electrons. The summed E-state index contributed by atoms with van der Waals surface area (Å²) in [6.07, 6.45) is 1.24. The monoisotopic (exact) mass is 171 g/mol. The molecule has 0 bridgehead atoms. The number of nitrogens with zero attached hydrogens (tertiary/aromatic N) is 1. The van der Waals surface area contributed by atoms with Crippen molar-refractivity contribution in [1.29, 1.82) is 0 Å². The topological polar surface area (TPSA) is 27.3 Å². The molecule has 0 aromatic carbocycles. The van der Waals surface area contributed by atoms with Gasteiger partial charge in [0.1, 0.15) is 0 Å². The first-order chi connectivity index (χ1) is 5.68. The lowest BCUT2D eigenvalue weighted by Gasteiger charge is -2.31. The first-order valence-electron chi connectivity index (χ1n) is 4.80. The third-order valence-corrected chi connectivity index (χ3v) is 2.31. The molecule has 12 heavy (non-hydrogen) atoms. The first kappa shape index (κ1) is 9.96. The third kappa shape index (κ3) is 3.52. The van der Waals surface area contributed by atoms with Crippen molar-refractivity contribution in [3.05, 3.63) is 0 Å². The number of rotatable bonds is 5. The van der Waals surface area contributed by atoms with Gasteiger partial charge in [-0.3, -0.25) is 0 Å². The second-order valence-electron chi connectivity index (χ2n) is 4.01. The number of nitrogens with one attached hydrogen (secondary N) is 2. The Balaban J connectivity index is 1.98. The maximum Gasteiger partial charge on any atom is 0.0319 e. The summed E-state index contributed by atoms with van der Waals surface area (Å²) in [7, 11) is 4.25. The van der Waals surface area contributed by atoms with Crippen LogP contribution in [0, 0.1) is 0 Å². The lowest BCUT2D eigenvalue weighted by atomic mass is 10.1. The van der Waals surface area contributed by atoms with Crippen molar-refractivity contribution in [3.63, 3.8) is 0 Å². The van der Waals surface area contributed by atoms with Gasteiger partial charge in [0.25, 0.3) is 0 Å². The van der Waals surface area contributed by atoms with Crippen molar-refractivity contribution in [3.8, 4) is 0 Å². The molecule has 0 aliphatic carbocycles. The standard InChI is InChI=1S/C9H21N3/c1-8(4-5-12(2)3)11-9-6-10-7-9/h8-11H,4-7H2,1-3H3. The van der Waals surface area contributed by atoms with Crippen LogP contribution in [0.5, 0.6) is 0 Å². The summed E-state index contributed by atoms with van der Waals surface area (Å²) in [4.78, 5) is 2.23. The van der Waals surface area contributed by atoms with E-state index in [-0.39, 0.29) is 0 Å². The summed E-state index contributed by atoms with van der Waals surface area (Å²) in [6.45, 7) is 5.73. The van der Waals surface area contributed by atoms with Crippen LogP contribution in [0.2, 0.25) is 0 Å². The van der Waals surface area contributed by atoms with Crippen LogP contribution in [0.1, 0.15) is 13.3 Å². The fourth-order valence-corrected chi connectivity index (χ4v) is 1.34. The highest BCUT2D eigenvalue weighted by molar-refractivity contribution is 4.83. The number of hydrogen-bond donors (Lipinski definition) is 2. The normalized spacial score (nSPS) is 21.0. The SMILES string of the molecule is CC(CCN(C)C)NC1CNC1. The molecule has 1 aliphatic heterocycles. The van der Waals surface area contributed by atoms with E-state index in [2.05, 4.69) is 36.6 Å². The molecule has 0 saturated carbocycles. The van der Waals surface area contributed by atoms with Gasteiger partial charge < -0.3 is 15.5 Å². The molecule has 2 N–H and O–H groups in total. The molecule has 1 unspecified atom stereocenters. The molecular formula is C9H21N3.